The number of nitro groups is 1. The van der Waals surface area contributed by atoms with Crippen LogP contribution in [0.15, 0.2) is 75.2 Å². The first-order chi connectivity index (χ1) is 14.5. The monoisotopic (exact) mass is 403 g/mol. The van der Waals surface area contributed by atoms with E-state index >= 15 is 0 Å². The van der Waals surface area contributed by atoms with E-state index in [1.807, 2.05) is 19.1 Å². The van der Waals surface area contributed by atoms with Crippen molar-refractivity contribution < 1.29 is 9.34 Å². The number of benzene rings is 1. The van der Waals surface area contributed by atoms with Gasteiger partial charge in [0.05, 0.1) is 23.4 Å². The second-order valence-electron chi connectivity index (χ2n) is 6.53. The predicted octanol–water partition coefficient (Wildman–Crippen LogP) is 3.87. The van der Waals surface area contributed by atoms with Crippen molar-refractivity contribution in [3.8, 4) is 0 Å². The molecule has 4 aromatic rings. The predicted molar refractivity (Wildman–Crippen MR) is 113 cm³/mol. The first-order valence-corrected chi connectivity index (χ1v) is 9.09. The lowest BCUT2D eigenvalue weighted by Crippen LogP contribution is -2.22. The molecule has 9 nitrogen and oxygen atoms in total. The zero-order valence-corrected chi connectivity index (χ0v) is 16.0. The average Bonchev–Trinajstić information content (AvgIpc) is 3.26. The lowest BCUT2D eigenvalue weighted by atomic mass is 10.2. The molecule has 0 amide bonds. The molecule has 4 rings (SSSR count). The van der Waals surface area contributed by atoms with E-state index in [-0.39, 0.29) is 16.8 Å². The van der Waals surface area contributed by atoms with Gasteiger partial charge in [-0.05, 0) is 42.8 Å². The first kappa shape index (κ1) is 19.1. The Morgan fingerprint density at radius 1 is 1.23 bits per heavy atom. The summed E-state index contributed by atoms with van der Waals surface area (Å²) in [5.41, 5.74) is 1.83. The largest absolute Gasteiger partial charge is 0.467 e. The van der Waals surface area contributed by atoms with E-state index in [0.29, 0.717) is 29.5 Å². The molecule has 0 fully saturated rings. The van der Waals surface area contributed by atoms with Gasteiger partial charge in [-0.1, -0.05) is 6.07 Å². The van der Waals surface area contributed by atoms with Gasteiger partial charge < -0.3 is 9.73 Å². The lowest BCUT2D eigenvalue weighted by molar-refractivity contribution is -0.384. The summed E-state index contributed by atoms with van der Waals surface area (Å²) < 4.78 is 6.80. The highest BCUT2D eigenvalue weighted by Gasteiger charge is 2.13. The van der Waals surface area contributed by atoms with Crippen LogP contribution in [0, 0.1) is 17.0 Å². The number of anilines is 1. The number of nitro benzene ring substituents is 1. The number of hydrogen-bond acceptors (Lipinski definition) is 7. The van der Waals surface area contributed by atoms with E-state index < -0.39 is 4.92 Å². The molecule has 0 radical (unpaired) electrons. The molecule has 1 aromatic carbocycles. The topological polar surface area (TPSA) is 115 Å². The molecule has 0 aliphatic carbocycles. The number of hydrogen-bond donors (Lipinski definition) is 1. The van der Waals surface area contributed by atoms with E-state index in [1.54, 1.807) is 24.6 Å². The molecule has 0 saturated heterocycles. The minimum Gasteiger partial charge on any atom is -0.467 e. The molecule has 30 heavy (non-hydrogen) atoms. The fraction of sp³-hybridized carbons (Fsp3) is 0.0952. The third-order valence-corrected chi connectivity index (χ3v) is 4.50. The second kappa shape index (κ2) is 8.00. The summed E-state index contributed by atoms with van der Waals surface area (Å²) >= 11 is 0. The standard InChI is InChI=1S/C21H17N5O4/c1-14-4-2-10-25-20(14)24-19(23-12-17-5-3-11-30-17)18(21(25)27)13-22-15-6-8-16(9-7-15)26(28)29/h2-11,13,23H,12H2,1H3. The van der Waals surface area contributed by atoms with Crippen LogP contribution >= 0.6 is 0 Å². The normalized spacial score (nSPS) is 11.2. The fourth-order valence-corrected chi connectivity index (χ4v) is 2.95. The Balaban J connectivity index is 1.75. The minimum atomic E-state index is -0.480. The minimum absolute atomic E-state index is 0.0299. The molecule has 1 N–H and O–H groups in total. The Bertz CT molecular complexity index is 1290. The number of pyridine rings is 1. The van der Waals surface area contributed by atoms with Crippen LogP contribution in [-0.2, 0) is 6.54 Å². The van der Waals surface area contributed by atoms with E-state index in [9.17, 15) is 14.9 Å². The molecular formula is C21H17N5O4. The maximum absolute atomic E-state index is 13.1. The zero-order valence-electron chi connectivity index (χ0n) is 16.0. The van der Waals surface area contributed by atoms with Crippen molar-refractivity contribution >= 4 is 29.1 Å². The highest BCUT2D eigenvalue weighted by molar-refractivity contribution is 5.88. The van der Waals surface area contributed by atoms with Gasteiger partial charge in [-0.2, -0.15) is 0 Å². The molecule has 0 saturated carbocycles. The molecule has 150 valence electrons. The Labute approximate surface area is 170 Å². The van der Waals surface area contributed by atoms with Crippen LogP contribution < -0.4 is 10.9 Å². The maximum atomic E-state index is 13.1. The zero-order chi connectivity index (χ0) is 21.1. The number of aryl methyl sites for hydroxylation is 1. The summed E-state index contributed by atoms with van der Waals surface area (Å²) in [6.07, 6.45) is 4.63. The molecule has 0 aliphatic heterocycles. The molecular weight excluding hydrogens is 386 g/mol. The maximum Gasteiger partial charge on any atom is 0.269 e. The van der Waals surface area contributed by atoms with E-state index in [2.05, 4.69) is 15.3 Å². The quantitative estimate of drug-likeness (QED) is 0.297. The van der Waals surface area contributed by atoms with Gasteiger partial charge in [-0.15, -0.1) is 0 Å². The molecule has 0 bridgehead atoms. The molecule has 3 aromatic heterocycles. The van der Waals surface area contributed by atoms with Crippen LogP contribution in [-0.4, -0.2) is 20.5 Å². The fourth-order valence-electron chi connectivity index (χ4n) is 2.95. The molecule has 9 heteroatoms. The van der Waals surface area contributed by atoms with Crippen LogP contribution in [0.3, 0.4) is 0 Å². The second-order valence-corrected chi connectivity index (χ2v) is 6.53. The summed E-state index contributed by atoms with van der Waals surface area (Å²) in [7, 11) is 0. The van der Waals surface area contributed by atoms with Gasteiger partial charge in [0.25, 0.3) is 11.2 Å². The van der Waals surface area contributed by atoms with Crippen LogP contribution in [0.25, 0.3) is 5.65 Å². The van der Waals surface area contributed by atoms with Crippen LogP contribution in [0.2, 0.25) is 0 Å². The number of aromatic nitrogens is 2. The van der Waals surface area contributed by atoms with Crippen molar-refractivity contribution in [2.75, 3.05) is 5.32 Å². The molecule has 0 spiro atoms. The first-order valence-electron chi connectivity index (χ1n) is 9.09. The molecule has 0 unspecified atom stereocenters. The number of non-ortho nitro benzene ring substituents is 1. The van der Waals surface area contributed by atoms with Crippen molar-refractivity contribution in [3.05, 3.63) is 98.3 Å². The lowest BCUT2D eigenvalue weighted by Gasteiger charge is -2.11. The molecule has 3 heterocycles. The summed E-state index contributed by atoms with van der Waals surface area (Å²) in [5.74, 6) is 1.07. The van der Waals surface area contributed by atoms with Gasteiger partial charge in [0, 0.05) is 24.5 Å². The van der Waals surface area contributed by atoms with Gasteiger partial charge >= 0.3 is 0 Å². The summed E-state index contributed by atoms with van der Waals surface area (Å²) in [5, 5.41) is 13.9. The van der Waals surface area contributed by atoms with E-state index in [0.717, 1.165) is 5.56 Å². The summed E-state index contributed by atoms with van der Waals surface area (Å²) in [6.45, 7) is 2.22. The van der Waals surface area contributed by atoms with Gasteiger partial charge in [-0.3, -0.25) is 24.3 Å². The number of nitrogens with zero attached hydrogens (tertiary/aromatic N) is 4. The Morgan fingerprint density at radius 3 is 2.73 bits per heavy atom. The third kappa shape index (κ3) is 3.81. The molecule has 0 atom stereocenters. The van der Waals surface area contributed by atoms with Crippen molar-refractivity contribution in [1.82, 2.24) is 9.38 Å². The number of aliphatic imine (C=N–C) groups is 1. The van der Waals surface area contributed by atoms with Crippen LogP contribution in [0.4, 0.5) is 17.2 Å². The number of nitrogens with one attached hydrogen (secondary N) is 1. The van der Waals surface area contributed by atoms with Crippen molar-refractivity contribution in [3.63, 3.8) is 0 Å². The van der Waals surface area contributed by atoms with Gasteiger partial charge in [0.1, 0.15) is 22.8 Å². The van der Waals surface area contributed by atoms with Crippen LogP contribution in [0.5, 0.6) is 0 Å². The SMILES string of the molecule is Cc1cccn2c(=O)c(C=Nc3ccc([N+](=O)[O-])cc3)c(NCc3ccco3)nc12. The number of furan rings is 1. The number of rotatable bonds is 6. The van der Waals surface area contributed by atoms with Crippen LogP contribution in [0.1, 0.15) is 16.9 Å². The third-order valence-electron chi connectivity index (χ3n) is 4.50. The Hall–Kier alpha value is -4.27. The highest BCUT2D eigenvalue weighted by Crippen LogP contribution is 2.19. The average molecular weight is 403 g/mol. The van der Waals surface area contributed by atoms with Crippen molar-refractivity contribution in [2.45, 2.75) is 13.5 Å². The Kier molecular flexibility index (Phi) is 5.08. The molecule has 0 aliphatic rings. The Morgan fingerprint density at radius 2 is 2.03 bits per heavy atom. The van der Waals surface area contributed by atoms with Crippen molar-refractivity contribution in [2.24, 2.45) is 4.99 Å². The van der Waals surface area contributed by atoms with E-state index in [4.69, 9.17) is 4.42 Å². The highest BCUT2D eigenvalue weighted by atomic mass is 16.6. The van der Waals surface area contributed by atoms with Gasteiger partial charge in [0.15, 0.2) is 0 Å². The summed E-state index contributed by atoms with van der Waals surface area (Å²) in [6, 6.07) is 13.0. The van der Waals surface area contributed by atoms with E-state index in [1.165, 1.54) is 34.9 Å². The van der Waals surface area contributed by atoms with Gasteiger partial charge in [0.2, 0.25) is 0 Å². The summed E-state index contributed by atoms with van der Waals surface area (Å²) in [4.78, 5) is 32.3. The van der Waals surface area contributed by atoms with Gasteiger partial charge in [-0.25, -0.2) is 4.98 Å². The van der Waals surface area contributed by atoms with Crippen molar-refractivity contribution in [1.29, 1.82) is 0 Å². The number of fused-ring (bicyclic) bond motifs is 1. The smallest absolute Gasteiger partial charge is 0.269 e.